The summed E-state index contributed by atoms with van der Waals surface area (Å²) in [5.74, 6) is 1.08. The lowest BCUT2D eigenvalue weighted by atomic mass is 9.91. The maximum Gasteiger partial charge on any atom is 0.281 e. The quantitative estimate of drug-likeness (QED) is 0.839. The number of hydrogen-bond donors (Lipinski definition) is 1. The first-order chi connectivity index (χ1) is 9.98. The molecule has 2 atom stereocenters. The minimum atomic E-state index is -3.25. The summed E-state index contributed by atoms with van der Waals surface area (Å²) in [5, 5.41) is 3.51. The number of rotatable bonds is 5. The van der Waals surface area contributed by atoms with Crippen molar-refractivity contribution in [3.8, 4) is 0 Å². The molecule has 0 aromatic carbocycles. The van der Waals surface area contributed by atoms with E-state index in [1.54, 1.807) is 8.61 Å². The van der Waals surface area contributed by atoms with Crippen LogP contribution in [-0.4, -0.2) is 55.8 Å². The van der Waals surface area contributed by atoms with Crippen LogP contribution in [0.25, 0.3) is 0 Å². The Morgan fingerprint density at radius 2 is 1.67 bits per heavy atom. The Kier molecular flexibility index (Phi) is 6.05. The molecule has 124 valence electrons. The molecule has 6 heteroatoms. The lowest BCUT2D eigenvalue weighted by molar-refractivity contribution is 0.187. The van der Waals surface area contributed by atoms with Gasteiger partial charge in [-0.3, -0.25) is 0 Å². The molecule has 0 bridgehead atoms. The standard InChI is InChI=1S/C15H31N3O2S/c1-4-14-12-18(11-8-15(14)16-5-2)21(19,20)17-9-6-13(3)7-10-17/h13-16H,4-12H2,1-3H3. The van der Waals surface area contributed by atoms with Crippen molar-refractivity contribution >= 4 is 10.2 Å². The molecule has 21 heavy (non-hydrogen) atoms. The van der Waals surface area contributed by atoms with E-state index >= 15 is 0 Å². The minimum Gasteiger partial charge on any atom is -0.314 e. The van der Waals surface area contributed by atoms with Crippen molar-refractivity contribution in [3.05, 3.63) is 0 Å². The van der Waals surface area contributed by atoms with Crippen LogP contribution in [0.1, 0.15) is 46.5 Å². The fourth-order valence-corrected chi connectivity index (χ4v) is 5.25. The Morgan fingerprint density at radius 3 is 2.24 bits per heavy atom. The van der Waals surface area contributed by atoms with Crippen molar-refractivity contribution in [3.63, 3.8) is 0 Å². The van der Waals surface area contributed by atoms with Gasteiger partial charge in [-0.2, -0.15) is 17.0 Å². The molecule has 0 aromatic rings. The van der Waals surface area contributed by atoms with E-state index < -0.39 is 10.2 Å². The van der Waals surface area contributed by atoms with Crippen molar-refractivity contribution in [2.24, 2.45) is 11.8 Å². The average Bonchev–Trinajstić information content (AvgIpc) is 2.48. The van der Waals surface area contributed by atoms with Crippen LogP contribution in [0.15, 0.2) is 0 Å². The van der Waals surface area contributed by atoms with Gasteiger partial charge in [0.2, 0.25) is 0 Å². The third kappa shape index (κ3) is 3.97. The van der Waals surface area contributed by atoms with Gasteiger partial charge in [0.25, 0.3) is 10.2 Å². The molecule has 0 aromatic heterocycles. The van der Waals surface area contributed by atoms with Crippen molar-refractivity contribution in [1.82, 2.24) is 13.9 Å². The molecule has 2 aliphatic rings. The molecular weight excluding hydrogens is 286 g/mol. The fraction of sp³-hybridized carbons (Fsp3) is 1.00. The Morgan fingerprint density at radius 1 is 1.05 bits per heavy atom. The summed E-state index contributed by atoms with van der Waals surface area (Å²) in [6, 6.07) is 0.466. The average molecular weight is 317 g/mol. The summed E-state index contributed by atoms with van der Waals surface area (Å²) in [7, 11) is -3.25. The van der Waals surface area contributed by atoms with Gasteiger partial charge >= 0.3 is 0 Å². The molecule has 2 unspecified atom stereocenters. The molecule has 2 saturated heterocycles. The van der Waals surface area contributed by atoms with Crippen molar-refractivity contribution in [2.75, 3.05) is 32.7 Å². The Bertz CT molecular complexity index is 419. The molecule has 2 rings (SSSR count). The summed E-state index contributed by atoms with van der Waals surface area (Å²) >= 11 is 0. The lowest BCUT2D eigenvalue weighted by Crippen LogP contribution is -2.55. The van der Waals surface area contributed by atoms with E-state index in [1.165, 1.54) is 0 Å². The second-order valence-electron chi connectivity index (χ2n) is 6.57. The predicted molar refractivity (Wildman–Crippen MR) is 86.3 cm³/mol. The van der Waals surface area contributed by atoms with Crippen LogP contribution in [-0.2, 0) is 10.2 Å². The Hall–Kier alpha value is -0.170. The number of hydrogen-bond acceptors (Lipinski definition) is 3. The van der Waals surface area contributed by atoms with Gasteiger partial charge in [0.05, 0.1) is 0 Å². The first-order valence-electron chi connectivity index (χ1n) is 8.47. The zero-order chi connectivity index (χ0) is 15.5. The molecule has 0 spiro atoms. The van der Waals surface area contributed by atoms with Crippen molar-refractivity contribution in [2.45, 2.75) is 52.5 Å². The summed E-state index contributed by atoms with van der Waals surface area (Å²) < 4.78 is 29.0. The lowest BCUT2D eigenvalue weighted by Gasteiger charge is -2.41. The molecule has 0 aliphatic carbocycles. The van der Waals surface area contributed by atoms with E-state index in [1.807, 2.05) is 0 Å². The maximum absolute atomic E-state index is 12.8. The van der Waals surface area contributed by atoms with Crippen LogP contribution >= 0.6 is 0 Å². The smallest absolute Gasteiger partial charge is 0.281 e. The van der Waals surface area contributed by atoms with Gasteiger partial charge in [0, 0.05) is 32.2 Å². The SMILES string of the molecule is CCNC1CCN(S(=O)(=O)N2CCC(C)CC2)CC1CC. The van der Waals surface area contributed by atoms with Gasteiger partial charge in [-0.1, -0.05) is 27.2 Å². The van der Waals surface area contributed by atoms with E-state index in [-0.39, 0.29) is 0 Å². The third-order valence-electron chi connectivity index (χ3n) is 5.08. The zero-order valence-corrected chi connectivity index (χ0v) is 14.5. The molecule has 2 fully saturated rings. The molecule has 5 nitrogen and oxygen atoms in total. The summed E-state index contributed by atoms with van der Waals surface area (Å²) in [6.07, 6.45) is 3.94. The van der Waals surface area contributed by atoms with Crippen LogP contribution in [0.2, 0.25) is 0 Å². The van der Waals surface area contributed by atoms with E-state index in [0.29, 0.717) is 44.1 Å². The van der Waals surface area contributed by atoms with E-state index in [0.717, 1.165) is 32.2 Å². The largest absolute Gasteiger partial charge is 0.314 e. The maximum atomic E-state index is 12.8. The topological polar surface area (TPSA) is 52.7 Å². The molecule has 2 aliphatic heterocycles. The Labute approximate surface area is 130 Å². The highest BCUT2D eigenvalue weighted by Gasteiger charge is 2.37. The van der Waals surface area contributed by atoms with Gasteiger partial charge in [-0.25, -0.2) is 0 Å². The van der Waals surface area contributed by atoms with Crippen molar-refractivity contribution < 1.29 is 8.42 Å². The number of nitrogens with one attached hydrogen (secondary N) is 1. The Balaban J connectivity index is 2.01. The zero-order valence-electron chi connectivity index (χ0n) is 13.7. The van der Waals surface area contributed by atoms with Gasteiger partial charge in [0.1, 0.15) is 0 Å². The minimum absolute atomic E-state index is 0.428. The predicted octanol–water partition coefficient (Wildman–Crippen LogP) is 1.67. The second kappa shape index (κ2) is 7.40. The molecule has 0 radical (unpaired) electrons. The number of piperidine rings is 2. The highest BCUT2D eigenvalue weighted by molar-refractivity contribution is 7.86. The first kappa shape index (κ1) is 17.2. The molecular formula is C15H31N3O2S. The summed E-state index contributed by atoms with van der Waals surface area (Å²) in [4.78, 5) is 0. The normalized spacial score (nSPS) is 30.6. The van der Waals surface area contributed by atoms with Gasteiger partial charge in [0.15, 0.2) is 0 Å². The van der Waals surface area contributed by atoms with E-state index in [9.17, 15) is 8.42 Å². The van der Waals surface area contributed by atoms with Crippen LogP contribution < -0.4 is 5.32 Å². The van der Waals surface area contributed by atoms with Crippen molar-refractivity contribution in [1.29, 1.82) is 0 Å². The van der Waals surface area contributed by atoms with Crippen LogP contribution in [0.5, 0.6) is 0 Å². The second-order valence-corrected chi connectivity index (χ2v) is 8.50. The highest BCUT2D eigenvalue weighted by atomic mass is 32.2. The summed E-state index contributed by atoms with van der Waals surface area (Å²) in [5.41, 5.74) is 0. The fourth-order valence-electron chi connectivity index (χ4n) is 3.53. The molecule has 2 heterocycles. The van der Waals surface area contributed by atoms with E-state index in [2.05, 4.69) is 26.1 Å². The van der Waals surface area contributed by atoms with Crippen LogP contribution in [0.4, 0.5) is 0 Å². The van der Waals surface area contributed by atoms with Crippen LogP contribution in [0.3, 0.4) is 0 Å². The molecule has 0 amide bonds. The first-order valence-corrected chi connectivity index (χ1v) is 9.87. The van der Waals surface area contributed by atoms with Crippen LogP contribution in [0, 0.1) is 11.8 Å². The number of nitrogens with zero attached hydrogens (tertiary/aromatic N) is 2. The molecule has 0 saturated carbocycles. The van der Waals surface area contributed by atoms with Gasteiger partial charge in [-0.05, 0) is 37.6 Å². The summed E-state index contributed by atoms with van der Waals surface area (Å²) in [6.45, 7) is 10.1. The van der Waals surface area contributed by atoms with Gasteiger partial charge < -0.3 is 5.32 Å². The third-order valence-corrected chi connectivity index (χ3v) is 7.08. The monoisotopic (exact) mass is 317 g/mol. The van der Waals surface area contributed by atoms with E-state index in [4.69, 9.17) is 0 Å². The highest BCUT2D eigenvalue weighted by Crippen LogP contribution is 2.26. The van der Waals surface area contributed by atoms with Gasteiger partial charge in [-0.15, -0.1) is 0 Å². The molecule has 1 N–H and O–H groups in total.